The van der Waals surface area contributed by atoms with Crippen LogP contribution in [0.4, 0.5) is 5.69 Å². The highest BCUT2D eigenvalue weighted by Gasteiger charge is 2.13. The van der Waals surface area contributed by atoms with Gasteiger partial charge in [-0.1, -0.05) is 46.8 Å². The molecule has 0 radical (unpaired) electrons. The van der Waals surface area contributed by atoms with Crippen LogP contribution in [0.15, 0.2) is 24.3 Å². The summed E-state index contributed by atoms with van der Waals surface area (Å²) in [5, 5.41) is 6.24. The Labute approximate surface area is 129 Å². The van der Waals surface area contributed by atoms with E-state index in [1.54, 1.807) is 0 Å². The number of benzene rings is 1. The highest BCUT2D eigenvalue weighted by atomic mass is 16.1. The summed E-state index contributed by atoms with van der Waals surface area (Å²) in [6.07, 6.45) is 1.66. The Morgan fingerprint density at radius 2 is 1.71 bits per heavy atom. The molecule has 3 heteroatoms. The predicted molar refractivity (Wildman–Crippen MR) is 90.7 cm³/mol. The number of hydrogen-bond acceptors (Lipinski definition) is 2. The lowest BCUT2D eigenvalue weighted by Gasteiger charge is -2.19. The smallest absolute Gasteiger partial charge is 0.225 e. The van der Waals surface area contributed by atoms with Crippen molar-refractivity contribution in [2.24, 2.45) is 5.92 Å². The third-order valence-corrected chi connectivity index (χ3v) is 3.46. The Bertz CT molecular complexity index is 430. The molecule has 0 fully saturated rings. The van der Waals surface area contributed by atoms with Gasteiger partial charge < -0.3 is 10.6 Å². The van der Waals surface area contributed by atoms with E-state index in [4.69, 9.17) is 0 Å². The summed E-state index contributed by atoms with van der Waals surface area (Å²) in [6.45, 7) is 12.7. The van der Waals surface area contributed by atoms with Gasteiger partial charge in [-0.15, -0.1) is 0 Å². The Morgan fingerprint density at radius 1 is 1.10 bits per heavy atom. The standard InChI is InChI=1S/C18H30N2O/c1-14(2)10-12-19-13-11-17(21)20-16-8-6-15(7-9-16)18(3,4)5/h6-9,14,19H,10-13H2,1-5H3,(H,20,21). The zero-order valence-electron chi connectivity index (χ0n) is 14.1. The van der Waals surface area contributed by atoms with E-state index in [0.717, 1.165) is 25.2 Å². The SMILES string of the molecule is CC(C)CCNCCC(=O)Nc1ccc(C(C)(C)C)cc1. The summed E-state index contributed by atoms with van der Waals surface area (Å²) in [7, 11) is 0. The van der Waals surface area contributed by atoms with E-state index in [-0.39, 0.29) is 11.3 Å². The number of carbonyl (C=O) groups is 1. The second-order valence-electron chi connectivity index (χ2n) is 7.06. The van der Waals surface area contributed by atoms with Crippen LogP contribution in [0, 0.1) is 5.92 Å². The summed E-state index contributed by atoms with van der Waals surface area (Å²) in [5.41, 5.74) is 2.29. The van der Waals surface area contributed by atoms with Gasteiger partial charge in [-0.05, 0) is 42.0 Å². The van der Waals surface area contributed by atoms with Gasteiger partial charge in [0.05, 0.1) is 0 Å². The normalized spacial score (nSPS) is 11.7. The summed E-state index contributed by atoms with van der Waals surface area (Å²) in [5.74, 6) is 0.767. The van der Waals surface area contributed by atoms with Gasteiger partial charge in [0.2, 0.25) is 5.91 Å². The van der Waals surface area contributed by atoms with E-state index in [0.29, 0.717) is 12.3 Å². The highest BCUT2D eigenvalue weighted by Crippen LogP contribution is 2.23. The van der Waals surface area contributed by atoms with E-state index in [1.807, 2.05) is 12.1 Å². The lowest BCUT2D eigenvalue weighted by Crippen LogP contribution is -2.23. The second-order valence-corrected chi connectivity index (χ2v) is 7.06. The first-order valence-electron chi connectivity index (χ1n) is 7.90. The first-order chi connectivity index (χ1) is 9.79. The van der Waals surface area contributed by atoms with E-state index in [2.05, 4.69) is 57.4 Å². The lowest BCUT2D eigenvalue weighted by molar-refractivity contribution is -0.116. The van der Waals surface area contributed by atoms with Gasteiger partial charge in [0.15, 0.2) is 0 Å². The summed E-state index contributed by atoms with van der Waals surface area (Å²) >= 11 is 0. The van der Waals surface area contributed by atoms with Crippen LogP contribution in [0.5, 0.6) is 0 Å². The maximum atomic E-state index is 11.8. The number of nitrogens with one attached hydrogen (secondary N) is 2. The Balaban J connectivity index is 2.31. The zero-order valence-corrected chi connectivity index (χ0v) is 14.1. The molecule has 0 bridgehead atoms. The fourth-order valence-corrected chi connectivity index (χ4v) is 1.99. The van der Waals surface area contributed by atoms with Gasteiger partial charge in [-0.25, -0.2) is 0 Å². The van der Waals surface area contributed by atoms with Gasteiger partial charge in [0.25, 0.3) is 0 Å². The average Bonchev–Trinajstić information content (AvgIpc) is 2.37. The quantitative estimate of drug-likeness (QED) is 0.747. The third-order valence-electron chi connectivity index (χ3n) is 3.46. The van der Waals surface area contributed by atoms with Crippen molar-refractivity contribution >= 4 is 11.6 Å². The topological polar surface area (TPSA) is 41.1 Å². The van der Waals surface area contributed by atoms with Gasteiger partial charge >= 0.3 is 0 Å². The lowest BCUT2D eigenvalue weighted by atomic mass is 9.87. The molecule has 0 aliphatic carbocycles. The van der Waals surface area contributed by atoms with Crippen LogP contribution in [0.25, 0.3) is 0 Å². The van der Waals surface area contributed by atoms with Gasteiger partial charge in [-0.2, -0.15) is 0 Å². The average molecular weight is 290 g/mol. The van der Waals surface area contributed by atoms with Crippen LogP contribution in [0.1, 0.15) is 53.0 Å². The van der Waals surface area contributed by atoms with Crippen molar-refractivity contribution in [1.29, 1.82) is 0 Å². The van der Waals surface area contributed by atoms with Gasteiger partial charge in [-0.3, -0.25) is 4.79 Å². The maximum absolute atomic E-state index is 11.8. The van der Waals surface area contributed by atoms with Crippen molar-refractivity contribution in [3.8, 4) is 0 Å². The van der Waals surface area contributed by atoms with Crippen molar-refractivity contribution in [2.45, 2.75) is 52.9 Å². The molecule has 0 aliphatic rings. The number of carbonyl (C=O) groups excluding carboxylic acids is 1. The molecule has 118 valence electrons. The molecule has 1 amide bonds. The monoisotopic (exact) mass is 290 g/mol. The van der Waals surface area contributed by atoms with Crippen LogP contribution >= 0.6 is 0 Å². The zero-order chi connectivity index (χ0) is 15.9. The molecular formula is C18H30N2O. The Kier molecular flexibility index (Phi) is 6.90. The maximum Gasteiger partial charge on any atom is 0.225 e. The van der Waals surface area contributed by atoms with E-state index in [1.165, 1.54) is 5.56 Å². The van der Waals surface area contributed by atoms with Crippen molar-refractivity contribution in [1.82, 2.24) is 5.32 Å². The van der Waals surface area contributed by atoms with Crippen LogP contribution in [0.3, 0.4) is 0 Å². The van der Waals surface area contributed by atoms with Gasteiger partial charge in [0, 0.05) is 18.7 Å². The summed E-state index contributed by atoms with van der Waals surface area (Å²) in [6, 6.07) is 8.11. The van der Waals surface area contributed by atoms with E-state index >= 15 is 0 Å². The largest absolute Gasteiger partial charge is 0.326 e. The van der Waals surface area contributed by atoms with Crippen LogP contribution < -0.4 is 10.6 Å². The molecule has 1 aromatic carbocycles. The fourth-order valence-electron chi connectivity index (χ4n) is 1.99. The molecule has 0 aliphatic heterocycles. The molecule has 0 heterocycles. The fraction of sp³-hybridized carbons (Fsp3) is 0.611. The van der Waals surface area contributed by atoms with Crippen molar-refractivity contribution in [3.05, 3.63) is 29.8 Å². The predicted octanol–water partition coefficient (Wildman–Crippen LogP) is 3.95. The first kappa shape index (κ1) is 17.7. The summed E-state index contributed by atoms with van der Waals surface area (Å²) in [4.78, 5) is 11.8. The molecule has 0 saturated carbocycles. The third kappa shape index (κ3) is 7.28. The molecule has 1 rings (SSSR count). The van der Waals surface area contributed by atoms with Crippen LogP contribution in [-0.4, -0.2) is 19.0 Å². The molecule has 2 N–H and O–H groups in total. The molecule has 0 aromatic heterocycles. The van der Waals surface area contributed by atoms with E-state index < -0.39 is 0 Å². The number of rotatable bonds is 7. The van der Waals surface area contributed by atoms with Crippen molar-refractivity contribution in [2.75, 3.05) is 18.4 Å². The number of anilines is 1. The second kappa shape index (κ2) is 8.18. The van der Waals surface area contributed by atoms with E-state index in [9.17, 15) is 4.79 Å². The minimum Gasteiger partial charge on any atom is -0.326 e. The van der Waals surface area contributed by atoms with Crippen molar-refractivity contribution < 1.29 is 4.79 Å². The molecule has 0 atom stereocenters. The van der Waals surface area contributed by atoms with Crippen molar-refractivity contribution in [3.63, 3.8) is 0 Å². The molecule has 21 heavy (non-hydrogen) atoms. The van der Waals surface area contributed by atoms with Gasteiger partial charge in [0.1, 0.15) is 0 Å². The minimum absolute atomic E-state index is 0.0653. The molecule has 0 spiro atoms. The Morgan fingerprint density at radius 3 is 2.24 bits per heavy atom. The molecule has 0 unspecified atom stereocenters. The number of amides is 1. The van der Waals surface area contributed by atoms with Crippen LogP contribution in [-0.2, 0) is 10.2 Å². The first-order valence-corrected chi connectivity index (χ1v) is 7.90. The molecule has 0 saturated heterocycles. The molecule has 1 aromatic rings. The number of hydrogen-bond donors (Lipinski definition) is 2. The highest BCUT2D eigenvalue weighted by molar-refractivity contribution is 5.90. The summed E-state index contributed by atoms with van der Waals surface area (Å²) < 4.78 is 0. The minimum atomic E-state index is 0.0653. The molecular weight excluding hydrogens is 260 g/mol. The van der Waals surface area contributed by atoms with Crippen LogP contribution in [0.2, 0.25) is 0 Å². The molecule has 3 nitrogen and oxygen atoms in total. The Hall–Kier alpha value is -1.35.